The monoisotopic (exact) mass is 281 g/mol. The Morgan fingerprint density at radius 1 is 0.857 bits per heavy atom. The molecule has 0 aromatic heterocycles. The highest BCUT2D eigenvalue weighted by atomic mass is 14.9. The molecule has 0 atom stereocenters. The highest BCUT2D eigenvalue weighted by molar-refractivity contribution is 5.33. The van der Waals surface area contributed by atoms with E-state index >= 15 is 0 Å². The van der Waals surface area contributed by atoms with Crippen LogP contribution in [0.4, 0.5) is 0 Å². The summed E-state index contributed by atoms with van der Waals surface area (Å²) in [5.41, 5.74) is 3.21. The van der Waals surface area contributed by atoms with Crippen LogP contribution in [0.2, 0.25) is 0 Å². The first kappa shape index (κ1) is 12.7. The molecule has 0 amide bonds. The van der Waals surface area contributed by atoms with Crippen molar-refractivity contribution in [2.75, 3.05) is 0 Å². The quantitative estimate of drug-likeness (QED) is 0.858. The summed E-state index contributed by atoms with van der Waals surface area (Å²) in [6.45, 7) is 1.11. The third-order valence-electron chi connectivity index (χ3n) is 6.83. The van der Waals surface area contributed by atoms with Crippen LogP contribution in [0, 0.1) is 23.7 Å². The molecule has 0 saturated heterocycles. The second-order valence-corrected chi connectivity index (χ2v) is 8.31. The molecule has 5 fully saturated rings. The van der Waals surface area contributed by atoms with Crippen LogP contribution in [-0.4, -0.2) is 6.04 Å². The van der Waals surface area contributed by atoms with Gasteiger partial charge in [0, 0.05) is 12.6 Å². The molecule has 0 heterocycles. The molecule has 5 aliphatic carbocycles. The van der Waals surface area contributed by atoms with Gasteiger partial charge in [-0.3, -0.25) is 0 Å². The molecular weight excluding hydrogens is 254 g/mol. The van der Waals surface area contributed by atoms with Gasteiger partial charge in [0.15, 0.2) is 0 Å². The summed E-state index contributed by atoms with van der Waals surface area (Å²) < 4.78 is 0. The van der Waals surface area contributed by atoms with Crippen molar-refractivity contribution in [2.45, 2.75) is 63.5 Å². The average Bonchev–Trinajstić information content (AvgIpc) is 3.31. The molecular formula is C20H27N. The number of nitrogens with one attached hydrogen (secondary N) is 1. The Morgan fingerprint density at radius 2 is 1.52 bits per heavy atom. The summed E-state index contributed by atoms with van der Waals surface area (Å²) in [5.74, 6) is 5.04. The Kier molecular flexibility index (Phi) is 2.93. The molecule has 0 radical (unpaired) electrons. The Morgan fingerprint density at radius 3 is 2.19 bits per heavy atom. The van der Waals surface area contributed by atoms with Gasteiger partial charge >= 0.3 is 0 Å². The Balaban J connectivity index is 1.30. The van der Waals surface area contributed by atoms with E-state index < -0.39 is 0 Å². The van der Waals surface area contributed by atoms with Crippen LogP contribution in [0.1, 0.15) is 62.0 Å². The average molecular weight is 281 g/mol. The zero-order valence-electron chi connectivity index (χ0n) is 12.9. The molecule has 0 unspecified atom stereocenters. The van der Waals surface area contributed by atoms with E-state index in [0.717, 1.165) is 42.2 Å². The van der Waals surface area contributed by atoms with Gasteiger partial charge < -0.3 is 5.32 Å². The molecule has 0 aliphatic heterocycles. The third-order valence-corrected chi connectivity index (χ3v) is 6.83. The first-order chi connectivity index (χ1) is 10.4. The molecule has 1 N–H and O–H groups in total. The fourth-order valence-electron chi connectivity index (χ4n) is 5.97. The van der Waals surface area contributed by atoms with Crippen LogP contribution < -0.4 is 5.32 Å². The Labute approximate surface area is 128 Å². The molecule has 5 saturated carbocycles. The van der Waals surface area contributed by atoms with E-state index in [-0.39, 0.29) is 0 Å². The highest BCUT2D eigenvalue weighted by Gasteiger charge is 2.47. The summed E-state index contributed by atoms with van der Waals surface area (Å²) in [7, 11) is 0. The third kappa shape index (κ3) is 2.25. The lowest BCUT2D eigenvalue weighted by atomic mass is 9.54. The fraction of sp³-hybridized carbons (Fsp3) is 0.700. The van der Waals surface area contributed by atoms with Crippen molar-refractivity contribution in [2.24, 2.45) is 23.7 Å². The van der Waals surface area contributed by atoms with Gasteiger partial charge in [0.2, 0.25) is 0 Å². The zero-order valence-corrected chi connectivity index (χ0v) is 12.9. The van der Waals surface area contributed by atoms with Crippen LogP contribution >= 0.6 is 0 Å². The minimum absolute atomic E-state index is 0.824. The van der Waals surface area contributed by atoms with E-state index in [1.807, 2.05) is 0 Å². The predicted molar refractivity (Wildman–Crippen MR) is 86.1 cm³/mol. The molecule has 0 spiro atoms. The van der Waals surface area contributed by atoms with Gasteiger partial charge in [-0.15, -0.1) is 0 Å². The minimum Gasteiger partial charge on any atom is -0.309 e. The summed E-state index contributed by atoms with van der Waals surface area (Å²) in [6, 6.07) is 9.99. The Hall–Kier alpha value is -0.820. The molecule has 1 heteroatoms. The summed E-state index contributed by atoms with van der Waals surface area (Å²) >= 11 is 0. The zero-order chi connectivity index (χ0) is 13.8. The summed E-state index contributed by atoms with van der Waals surface area (Å²) in [6.07, 6.45) is 10.5. The van der Waals surface area contributed by atoms with E-state index in [4.69, 9.17) is 0 Å². The molecule has 6 rings (SSSR count). The molecule has 1 nitrogen and oxygen atoms in total. The van der Waals surface area contributed by atoms with Gasteiger partial charge in [-0.25, -0.2) is 0 Å². The maximum Gasteiger partial charge on any atom is 0.0211 e. The fourth-order valence-corrected chi connectivity index (χ4v) is 5.97. The number of hydrogen-bond donors (Lipinski definition) is 1. The molecule has 21 heavy (non-hydrogen) atoms. The lowest BCUT2D eigenvalue weighted by molar-refractivity contribution is -0.0142. The smallest absolute Gasteiger partial charge is 0.0211 e. The van der Waals surface area contributed by atoms with Crippen molar-refractivity contribution >= 4 is 0 Å². The Bertz CT molecular complexity index is 502. The van der Waals surface area contributed by atoms with Crippen molar-refractivity contribution in [3.63, 3.8) is 0 Å². The molecule has 4 bridgehead atoms. The topological polar surface area (TPSA) is 12.0 Å². The molecule has 112 valence electrons. The van der Waals surface area contributed by atoms with Crippen LogP contribution in [0.3, 0.4) is 0 Å². The minimum atomic E-state index is 0.824. The second-order valence-electron chi connectivity index (χ2n) is 8.31. The van der Waals surface area contributed by atoms with Gasteiger partial charge in [-0.2, -0.15) is 0 Å². The maximum atomic E-state index is 4.00. The largest absolute Gasteiger partial charge is 0.309 e. The lowest BCUT2D eigenvalue weighted by Gasteiger charge is -2.54. The van der Waals surface area contributed by atoms with E-state index in [1.54, 1.807) is 17.5 Å². The van der Waals surface area contributed by atoms with Crippen molar-refractivity contribution < 1.29 is 0 Å². The highest BCUT2D eigenvalue weighted by Crippen LogP contribution is 2.53. The van der Waals surface area contributed by atoms with Crippen molar-refractivity contribution in [3.05, 3.63) is 35.4 Å². The molecule has 5 aliphatic rings. The standard InChI is InChI=1S/C20H27N/c1-2-4-19(15-5-6-15)16(3-1)12-21-20-17-8-13-7-14(10-17)11-18(20)9-13/h1-4,13-15,17-18,20-21H,5-12H2. The van der Waals surface area contributed by atoms with Crippen LogP contribution in [0.5, 0.6) is 0 Å². The van der Waals surface area contributed by atoms with Crippen LogP contribution in [0.15, 0.2) is 24.3 Å². The summed E-state index contributed by atoms with van der Waals surface area (Å²) in [4.78, 5) is 0. The molecule has 1 aromatic rings. The SMILES string of the molecule is c1ccc(C2CC2)c(CNC2C3CC4CC(C3)CC2C4)c1. The maximum absolute atomic E-state index is 4.00. The predicted octanol–water partition coefficient (Wildman–Crippen LogP) is 4.48. The van der Waals surface area contributed by atoms with Crippen molar-refractivity contribution in [1.82, 2.24) is 5.32 Å². The van der Waals surface area contributed by atoms with E-state index in [1.165, 1.54) is 38.5 Å². The van der Waals surface area contributed by atoms with E-state index in [0.29, 0.717) is 0 Å². The number of hydrogen-bond acceptors (Lipinski definition) is 1. The van der Waals surface area contributed by atoms with E-state index in [2.05, 4.69) is 29.6 Å². The van der Waals surface area contributed by atoms with Gasteiger partial charge in [0.25, 0.3) is 0 Å². The van der Waals surface area contributed by atoms with E-state index in [9.17, 15) is 0 Å². The number of benzene rings is 1. The lowest BCUT2D eigenvalue weighted by Crippen LogP contribution is -2.54. The van der Waals surface area contributed by atoms with Gasteiger partial charge in [0.1, 0.15) is 0 Å². The van der Waals surface area contributed by atoms with Crippen LogP contribution in [0.25, 0.3) is 0 Å². The van der Waals surface area contributed by atoms with Gasteiger partial charge in [0.05, 0.1) is 0 Å². The van der Waals surface area contributed by atoms with Crippen molar-refractivity contribution in [1.29, 1.82) is 0 Å². The first-order valence-corrected chi connectivity index (χ1v) is 9.18. The number of rotatable bonds is 4. The first-order valence-electron chi connectivity index (χ1n) is 9.18. The van der Waals surface area contributed by atoms with Crippen molar-refractivity contribution in [3.8, 4) is 0 Å². The normalized spacial score (nSPS) is 40.7. The summed E-state index contributed by atoms with van der Waals surface area (Å²) in [5, 5.41) is 4.00. The second kappa shape index (κ2) is 4.84. The van der Waals surface area contributed by atoms with Gasteiger partial charge in [-0.1, -0.05) is 24.3 Å². The van der Waals surface area contributed by atoms with Gasteiger partial charge in [-0.05, 0) is 85.7 Å². The molecule has 1 aromatic carbocycles. The van der Waals surface area contributed by atoms with Crippen LogP contribution in [-0.2, 0) is 6.54 Å².